The summed E-state index contributed by atoms with van der Waals surface area (Å²) in [5.74, 6) is -1.28. The van der Waals surface area contributed by atoms with Gasteiger partial charge in [0.2, 0.25) is 0 Å². The largest absolute Gasteiger partial charge is 0.361 e. The van der Waals surface area contributed by atoms with Gasteiger partial charge in [-0.05, 0) is 47.5 Å². The van der Waals surface area contributed by atoms with Gasteiger partial charge in [0.1, 0.15) is 11.3 Å². The zero-order chi connectivity index (χ0) is 20.5. The van der Waals surface area contributed by atoms with Crippen molar-refractivity contribution in [2.75, 3.05) is 11.4 Å². The molecule has 4 rings (SSSR count). The highest BCUT2D eigenvalue weighted by Gasteiger charge is 2.27. The number of anilines is 1. The second-order valence-electron chi connectivity index (χ2n) is 6.74. The minimum Gasteiger partial charge on any atom is -0.361 e. The van der Waals surface area contributed by atoms with Crippen LogP contribution in [0.1, 0.15) is 16.7 Å². The lowest BCUT2D eigenvalue weighted by molar-refractivity contribution is -0.384. The maximum atomic E-state index is 12.0. The Bertz CT molecular complexity index is 1070. The summed E-state index contributed by atoms with van der Waals surface area (Å²) in [7, 11) is 0. The van der Waals surface area contributed by atoms with Crippen LogP contribution in [0.4, 0.5) is 11.4 Å². The number of thiocarbonyl (C=S) groups is 1. The van der Waals surface area contributed by atoms with E-state index in [0.29, 0.717) is 24.3 Å². The second-order valence-corrected chi connectivity index (χ2v) is 7.15. The van der Waals surface area contributed by atoms with Gasteiger partial charge in [0.15, 0.2) is 5.11 Å². The molecule has 1 fully saturated rings. The SMILES string of the molecule is O=C1NC(=S)NC(=O)C1=Cc1ccc(N2CCc3ccccc3C2)c([N+](=O)[O-])c1. The van der Waals surface area contributed by atoms with E-state index in [1.807, 2.05) is 23.1 Å². The van der Waals surface area contributed by atoms with Crippen LogP contribution in [0.25, 0.3) is 6.08 Å². The third-order valence-corrected chi connectivity index (χ3v) is 5.13. The molecule has 0 radical (unpaired) electrons. The number of rotatable bonds is 3. The predicted octanol–water partition coefficient (Wildman–Crippen LogP) is 2.07. The van der Waals surface area contributed by atoms with Crippen molar-refractivity contribution in [1.82, 2.24) is 10.6 Å². The highest BCUT2D eigenvalue weighted by molar-refractivity contribution is 7.80. The van der Waals surface area contributed by atoms with Crippen molar-refractivity contribution in [3.8, 4) is 0 Å². The number of nitro benzene ring substituents is 1. The quantitative estimate of drug-likeness (QED) is 0.265. The van der Waals surface area contributed by atoms with Gasteiger partial charge in [0, 0.05) is 19.2 Å². The van der Waals surface area contributed by atoms with E-state index in [1.54, 1.807) is 12.1 Å². The molecular weight excluding hydrogens is 392 g/mol. The Balaban J connectivity index is 1.67. The molecular formula is C20H16N4O4S. The van der Waals surface area contributed by atoms with E-state index in [0.717, 1.165) is 12.0 Å². The first kappa shape index (κ1) is 18.8. The number of carbonyl (C=O) groups excluding carboxylic acids is 2. The fraction of sp³-hybridized carbons (Fsp3) is 0.150. The summed E-state index contributed by atoms with van der Waals surface area (Å²) in [6.07, 6.45) is 2.12. The predicted molar refractivity (Wildman–Crippen MR) is 111 cm³/mol. The maximum absolute atomic E-state index is 12.0. The number of amides is 2. The van der Waals surface area contributed by atoms with Crippen molar-refractivity contribution in [2.45, 2.75) is 13.0 Å². The Labute approximate surface area is 171 Å². The number of nitrogens with one attached hydrogen (secondary N) is 2. The third-order valence-electron chi connectivity index (χ3n) is 4.92. The van der Waals surface area contributed by atoms with Gasteiger partial charge in [-0.3, -0.25) is 30.3 Å². The Morgan fingerprint density at radius 2 is 1.76 bits per heavy atom. The van der Waals surface area contributed by atoms with Crippen molar-refractivity contribution in [1.29, 1.82) is 0 Å². The fourth-order valence-electron chi connectivity index (χ4n) is 3.52. The average molecular weight is 408 g/mol. The molecule has 0 atom stereocenters. The van der Waals surface area contributed by atoms with Crippen LogP contribution >= 0.6 is 12.2 Å². The molecule has 0 aliphatic carbocycles. The first-order chi connectivity index (χ1) is 13.9. The Morgan fingerprint density at radius 1 is 1.07 bits per heavy atom. The number of nitrogens with zero attached hydrogens (tertiary/aromatic N) is 2. The first-order valence-corrected chi connectivity index (χ1v) is 9.32. The third kappa shape index (κ3) is 3.72. The number of hydrogen-bond donors (Lipinski definition) is 2. The van der Waals surface area contributed by atoms with Gasteiger partial charge < -0.3 is 4.90 Å². The average Bonchev–Trinajstić information content (AvgIpc) is 2.70. The molecule has 0 spiro atoms. The van der Waals surface area contributed by atoms with Gasteiger partial charge in [0.25, 0.3) is 17.5 Å². The van der Waals surface area contributed by atoms with E-state index >= 15 is 0 Å². The summed E-state index contributed by atoms with van der Waals surface area (Å²) < 4.78 is 0. The first-order valence-electron chi connectivity index (χ1n) is 8.91. The second kappa shape index (κ2) is 7.44. The minimum absolute atomic E-state index is 0.0659. The van der Waals surface area contributed by atoms with E-state index in [4.69, 9.17) is 12.2 Å². The zero-order valence-corrected chi connectivity index (χ0v) is 16.0. The Morgan fingerprint density at radius 3 is 2.45 bits per heavy atom. The highest BCUT2D eigenvalue weighted by Crippen LogP contribution is 2.33. The van der Waals surface area contributed by atoms with Crippen molar-refractivity contribution in [3.05, 3.63) is 74.8 Å². The van der Waals surface area contributed by atoms with Crippen molar-refractivity contribution < 1.29 is 14.5 Å². The molecule has 2 aromatic carbocycles. The Hall–Kier alpha value is -3.59. The molecule has 0 bridgehead atoms. The number of hydrogen-bond acceptors (Lipinski definition) is 6. The molecule has 8 nitrogen and oxygen atoms in total. The Kier molecular flexibility index (Phi) is 4.81. The molecule has 2 N–H and O–H groups in total. The molecule has 0 unspecified atom stereocenters. The van der Waals surface area contributed by atoms with Crippen LogP contribution in [0.15, 0.2) is 48.0 Å². The summed E-state index contributed by atoms with van der Waals surface area (Å²) in [5, 5.41) is 16.3. The summed E-state index contributed by atoms with van der Waals surface area (Å²) in [5.41, 5.74) is 3.04. The lowest BCUT2D eigenvalue weighted by Crippen LogP contribution is -2.51. The molecule has 146 valence electrons. The molecule has 9 heteroatoms. The van der Waals surface area contributed by atoms with E-state index in [1.165, 1.54) is 17.7 Å². The van der Waals surface area contributed by atoms with Crippen LogP contribution in [-0.4, -0.2) is 28.4 Å². The maximum Gasteiger partial charge on any atom is 0.293 e. The van der Waals surface area contributed by atoms with E-state index in [2.05, 4.69) is 16.7 Å². The standard InChI is InChI=1S/C20H16N4O4S/c25-18-15(19(26)22-20(29)21-18)9-12-5-6-16(17(10-12)24(27)28)23-8-7-13-3-1-2-4-14(13)11-23/h1-6,9-10H,7-8,11H2,(H2,21,22,25,26,29). The molecule has 2 aromatic rings. The molecule has 0 aromatic heterocycles. The van der Waals surface area contributed by atoms with Gasteiger partial charge in [-0.2, -0.15) is 0 Å². The molecule has 2 aliphatic rings. The van der Waals surface area contributed by atoms with Gasteiger partial charge in [-0.15, -0.1) is 0 Å². The van der Waals surface area contributed by atoms with Gasteiger partial charge in [0.05, 0.1) is 4.92 Å². The van der Waals surface area contributed by atoms with E-state index in [9.17, 15) is 19.7 Å². The minimum atomic E-state index is -0.641. The van der Waals surface area contributed by atoms with Crippen LogP contribution < -0.4 is 15.5 Å². The van der Waals surface area contributed by atoms with Crippen LogP contribution in [0.2, 0.25) is 0 Å². The number of benzene rings is 2. The lowest BCUT2D eigenvalue weighted by Gasteiger charge is -2.30. The van der Waals surface area contributed by atoms with Gasteiger partial charge in [-0.25, -0.2) is 0 Å². The number of fused-ring (bicyclic) bond motifs is 1. The molecule has 1 saturated heterocycles. The highest BCUT2D eigenvalue weighted by atomic mass is 32.1. The van der Waals surface area contributed by atoms with Crippen molar-refractivity contribution in [3.63, 3.8) is 0 Å². The normalized spacial score (nSPS) is 16.1. The van der Waals surface area contributed by atoms with Crippen molar-refractivity contribution >= 4 is 46.6 Å². The summed E-state index contributed by atoms with van der Waals surface area (Å²) in [6, 6.07) is 12.7. The number of nitro groups is 1. The summed E-state index contributed by atoms with van der Waals surface area (Å²) in [4.78, 5) is 37.2. The molecule has 2 amide bonds. The molecule has 2 aliphatic heterocycles. The van der Waals surface area contributed by atoms with Crippen LogP contribution in [-0.2, 0) is 22.6 Å². The molecule has 0 saturated carbocycles. The lowest BCUT2D eigenvalue weighted by atomic mass is 9.99. The summed E-state index contributed by atoms with van der Waals surface area (Å²) in [6.45, 7) is 1.25. The van der Waals surface area contributed by atoms with E-state index in [-0.39, 0.29) is 16.4 Å². The van der Waals surface area contributed by atoms with Gasteiger partial charge >= 0.3 is 0 Å². The topological polar surface area (TPSA) is 105 Å². The monoisotopic (exact) mass is 408 g/mol. The van der Waals surface area contributed by atoms with Crippen LogP contribution in [0.3, 0.4) is 0 Å². The zero-order valence-electron chi connectivity index (χ0n) is 15.2. The van der Waals surface area contributed by atoms with E-state index < -0.39 is 16.7 Å². The molecule has 29 heavy (non-hydrogen) atoms. The number of carbonyl (C=O) groups is 2. The molecule has 2 heterocycles. The van der Waals surface area contributed by atoms with Crippen LogP contribution in [0, 0.1) is 10.1 Å². The van der Waals surface area contributed by atoms with Gasteiger partial charge in [-0.1, -0.05) is 30.3 Å². The van der Waals surface area contributed by atoms with Crippen LogP contribution in [0.5, 0.6) is 0 Å². The van der Waals surface area contributed by atoms with Crippen molar-refractivity contribution in [2.24, 2.45) is 0 Å². The smallest absolute Gasteiger partial charge is 0.293 e. The fourth-order valence-corrected chi connectivity index (χ4v) is 3.70. The summed E-state index contributed by atoms with van der Waals surface area (Å²) >= 11 is 4.76.